The molecule has 0 amide bonds. The number of nitriles is 1. The van der Waals surface area contributed by atoms with Gasteiger partial charge in [-0.2, -0.15) is 5.26 Å². The Labute approximate surface area is 108 Å². The minimum atomic E-state index is -3.46. The van der Waals surface area contributed by atoms with Crippen LogP contribution in [0, 0.1) is 17.2 Å². The van der Waals surface area contributed by atoms with Crippen LogP contribution in [0.15, 0.2) is 29.2 Å². The van der Waals surface area contributed by atoms with E-state index in [1.807, 2.05) is 13.0 Å². The molecule has 1 aromatic rings. The van der Waals surface area contributed by atoms with Crippen molar-refractivity contribution in [3.05, 3.63) is 29.8 Å². The molecule has 1 fully saturated rings. The lowest BCUT2D eigenvalue weighted by molar-refractivity contribution is 0.530. The summed E-state index contributed by atoms with van der Waals surface area (Å²) in [4.78, 5) is 0.212. The smallest absolute Gasteiger partial charge is 0.208 e. The number of nitrogens with zero attached hydrogens (tertiary/aromatic N) is 1. The van der Waals surface area contributed by atoms with Crippen LogP contribution in [-0.4, -0.2) is 14.5 Å². The minimum Gasteiger partial charge on any atom is -0.208 e. The number of rotatable bonds is 5. The highest BCUT2D eigenvalue weighted by molar-refractivity contribution is 7.89. The molecule has 96 valence electrons. The van der Waals surface area contributed by atoms with E-state index in [2.05, 4.69) is 4.72 Å². The molecule has 1 N–H and O–H groups in total. The second kappa shape index (κ2) is 5.09. The topological polar surface area (TPSA) is 70.0 Å². The Hall–Kier alpha value is -1.38. The fourth-order valence-electron chi connectivity index (χ4n) is 1.94. The molecule has 18 heavy (non-hydrogen) atoms. The van der Waals surface area contributed by atoms with Gasteiger partial charge in [-0.1, -0.05) is 12.8 Å². The number of sulfonamides is 1. The van der Waals surface area contributed by atoms with Crippen molar-refractivity contribution in [2.75, 3.05) is 0 Å². The van der Waals surface area contributed by atoms with Gasteiger partial charge in [-0.05, 0) is 43.5 Å². The molecule has 0 bridgehead atoms. The first-order valence-corrected chi connectivity index (χ1v) is 7.52. The van der Waals surface area contributed by atoms with Crippen LogP contribution in [0.2, 0.25) is 0 Å². The first-order valence-electron chi connectivity index (χ1n) is 6.04. The Bertz CT molecular complexity index is 554. The summed E-state index contributed by atoms with van der Waals surface area (Å²) in [5.74, 6) is 0.684. The van der Waals surface area contributed by atoms with Gasteiger partial charge in [0.1, 0.15) is 0 Å². The summed E-state index contributed by atoms with van der Waals surface area (Å²) in [6.07, 6.45) is 3.32. The third-order valence-electron chi connectivity index (χ3n) is 3.03. The second-order valence-electron chi connectivity index (χ2n) is 4.84. The third kappa shape index (κ3) is 3.31. The molecule has 1 unspecified atom stereocenters. The van der Waals surface area contributed by atoms with Crippen molar-refractivity contribution < 1.29 is 8.42 Å². The number of hydrogen-bond acceptors (Lipinski definition) is 3. The molecule has 0 radical (unpaired) electrons. The van der Waals surface area contributed by atoms with E-state index in [4.69, 9.17) is 5.26 Å². The van der Waals surface area contributed by atoms with Crippen molar-refractivity contribution in [1.29, 1.82) is 5.26 Å². The maximum Gasteiger partial charge on any atom is 0.240 e. The number of benzene rings is 1. The molecule has 0 spiro atoms. The van der Waals surface area contributed by atoms with Gasteiger partial charge in [0.25, 0.3) is 0 Å². The molecule has 0 saturated heterocycles. The van der Waals surface area contributed by atoms with Crippen LogP contribution in [0.1, 0.15) is 31.7 Å². The van der Waals surface area contributed by atoms with Crippen LogP contribution in [-0.2, 0) is 10.0 Å². The highest BCUT2D eigenvalue weighted by Gasteiger charge is 2.26. The van der Waals surface area contributed by atoms with Crippen molar-refractivity contribution in [3.8, 4) is 6.07 Å². The Balaban J connectivity index is 2.06. The highest BCUT2D eigenvalue weighted by atomic mass is 32.2. The van der Waals surface area contributed by atoms with Gasteiger partial charge in [-0.3, -0.25) is 0 Å². The summed E-state index contributed by atoms with van der Waals surface area (Å²) in [6, 6.07) is 7.88. The zero-order valence-corrected chi connectivity index (χ0v) is 11.1. The van der Waals surface area contributed by atoms with E-state index in [9.17, 15) is 8.42 Å². The minimum absolute atomic E-state index is 0.0434. The normalized spacial score (nSPS) is 17.1. The Morgan fingerprint density at radius 1 is 1.39 bits per heavy atom. The van der Waals surface area contributed by atoms with Crippen LogP contribution in [0.25, 0.3) is 0 Å². The summed E-state index contributed by atoms with van der Waals surface area (Å²) in [5.41, 5.74) is 0.458. The lowest BCUT2D eigenvalue weighted by Crippen LogP contribution is -2.32. The molecule has 1 aliphatic carbocycles. The summed E-state index contributed by atoms with van der Waals surface area (Å²) < 4.78 is 26.8. The largest absolute Gasteiger partial charge is 0.240 e. The molecule has 1 atom stereocenters. The molecule has 1 aliphatic rings. The van der Waals surface area contributed by atoms with Crippen LogP contribution < -0.4 is 4.72 Å². The second-order valence-corrected chi connectivity index (χ2v) is 6.55. The van der Waals surface area contributed by atoms with Crippen molar-refractivity contribution >= 4 is 10.0 Å². The van der Waals surface area contributed by atoms with Gasteiger partial charge in [0.05, 0.1) is 16.5 Å². The first kappa shape index (κ1) is 13.1. The lowest BCUT2D eigenvalue weighted by atomic mass is 10.2. The standard InChI is InChI=1S/C13H16N2O2S/c1-10(8-11-2-3-11)15-18(16,17)13-6-4-12(9-14)5-7-13/h4-7,10-11,15H,2-3,8H2,1H3. The fourth-order valence-corrected chi connectivity index (χ4v) is 3.20. The SMILES string of the molecule is CC(CC1CC1)NS(=O)(=O)c1ccc(C#N)cc1. The lowest BCUT2D eigenvalue weighted by Gasteiger charge is -2.13. The third-order valence-corrected chi connectivity index (χ3v) is 4.64. The van der Waals surface area contributed by atoms with Crippen molar-refractivity contribution in [1.82, 2.24) is 4.72 Å². The van der Waals surface area contributed by atoms with E-state index in [1.165, 1.54) is 37.1 Å². The molecule has 4 nitrogen and oxygen atoms in total. The van der Waals surface area contributed by atoms with Gasteiger partial charge < -0.3 is 0 Å². The zero-order chi connectivity index (χ0) is 13.2. The van der Waals surface area contributed by atoms with Gasteiger partial charge >= 0.3 is 0 Å². The van der Waals surface area contributed by atoms with Gasteiger partial charge in [-0.25, -0.2) is 13.1 Å². The zero-order valence-electron chi connectivity index (χ0n) is 10.3. The van der Waals surface area contributed by atoms with Crippen LogP contribution in [0.3, 0.4) is 0 Å². The molecule has 2 rings (SSSR count). The van der Waals surface area contributed by atoms with E-state index in [0.29, 0.717) is 11.5 Å². The fraction of sp³-hybridized carbons (Fsp3) is 0.462. The number of nitrogens with one attached hydrogen (secondary N) is 1. The molecule has 1 saturated carbocycles. The predicted octanol–water partition coefficient (Wildman–Crippen LogP) is 2.03. The molecule has 0 aliphatic heterocycles. The Kier molecular flexibility index (Phi) is 3.69. The van der Waals surface area contributed by atoms with Crippen molar-refractivity contribution in [2.45, 2.75) is 37.1 Å². The van der Waals surface area contributed by atoms with E-state index in [0.717, 1.165) is 6.42 Å². The summed E-state index contributed by atoms with van der Waals surface area (Å²) in [5, 5.41) is 8.67. The van der Waals surface area contributed by atoms with E-state index in [1.54, 1.807) is 0 Å². The Morgan fingerprint density at radius 3 is 2.50 bits per heavy atom. The van der Waals surface area contributed by atoms with Crippen LogP contribution in [0.4, 0.5) is 0 Å². The molecular weight excluding hydrogens is 248 g/mol. The summed E-state index contributed by atoms with van der Waals surface area (Å²) in [7, 11) is -3.46. The van der Waals surface area contributed by atoms with Gasteiger partial charge in [0.15, 0.2) is 0 Å². The summed E-state index contributed by atoms with van der Waals surface area (Å²) in [6.45, 7) is 1.89. The van der Waals surface area contributed by atoms with E-state index in [-0.39, 0.29) is 10.9 Å². The molecule has 1 aromatic carbocycles. The predicted molar refractivity (Wildman–Crippen MR) is 68.3 cm³/mol. The number of hydrogen-bond donors (Lipinski definition) is 1. The molecule has 0 aromatic heterocycles. The highest BCUT2D eigenvalue weighted by Crippen LogP contribution is 2.33. The summed E-state index contributed by atoms with van der Waals surface area (Å²) >= 11 is 0. The van der Waals surface area contributed by atoms with E-state index >= 15 is 0 Å². The van der Waals surface area contributed by atoms with Gasteiger partial charge in [0.2, 0.25) is 10.0 Å². The average molecular weight is 264 g/mol. The average Bonchev–Trinajstić information content (AvgIpc) is 3.12. The quantitative estimate of drug-likeness (QED) is 0.884. The maximum absolute atomic E-state index is 12.1. The van der Waals surface area contributed by atoms with Crippen molar-refractivity contribution in [2.24, 2.45) is 5.92 Å². The van der Waals surface area contributed by atoms with Gasteiger partial charge in [-0.15, -0.1) is 0 Å². The molecule has 5 heteroatoms. The van der Waals surface area contributed by atoms with Crippen molar-refractivity contribution in [3.63, 3.8) is 0 Å². The maximum atomic E-state index is 12.1. The monoisotopic (exact) mass is 264 g/mol. The molecular formula is C13H16N2O2S. The van der Waals surface area contributed by atoms with Crippen LogP contribution >= 0.6 is 0 Å². The Morgan fingerprint density at radius 2 is 2.00 bits per heavy atom. The van der Waals surface area contributed by atoms with E-state index < -0.39 is 10.0 Å². The molecule has 0 heterocycles. The first-order chi connectivity index (χ1) is 8.51. The van der Waals surface area contributed by atoms with Crippen LogP contribution in [0.5, 0.6) is 0 Å². The van der Waals surface area contributed by atoms with Gasteiger partial charge in [0, 0.05) is 6.04 Å².